The Balaban J connectivity index is 2.13. The molecule has 0 amide bonds. The molecule has 1 aliphatic rings. The van der Waals surface area contributed by atoms with Crippen LogP contribution in [0.3, 0.4) is 0 Å². The van der Waals surface area contributed by atoms with Crippen molar-refractivity contribution in [1.82, 2.24) is 15.2 Å². The number of nitrogens with one attached hydrogen (secondary N) is 1. The monoisotopic (exact) mass is 234 g/mol. The zero-order valence-electron chi connectivity index (χ0n) is 10.7. The largest absolute Gasteiger partial charge is 0.322 e. The Kier molecular flexibility index (Phi) is 3.76. The number of hydrogen-bond donors (Lipinski definition) is 2. The van der Waals surface area contributed by atoms with Gasteiger partial charge in [0, 0.05) is 50.2 Å². The van der Waals surface area contributed by atoms with E-state index in [1.54, 1.807) is 0 Å². The summed E-state index contributed by atoms with van der Waals surface area (Å²) < 4.78 is 0. The van der Waals surface area contributed by atoms with Crippen LogP contribution in [0.25, 0.3) is 0 Å². The lowest BCUT2D eigenvalue weighted by atomic mass is 9.87. The van der Waals surface area contributed by atoms with E-state index in [2.05, 4.69) is 29.0 Å². The van der Waals surface area contributed by atoms with E-state index in [9.17, 15) is 0 Å². The second-order valence-corrected chi connectivity index (χ2v) is 5.15. The Morgan fingerprint density at radius 2 is 1.88 bits per heavy atom. The van der Waals surface area contributed by atoms with Crippen molar-refractivity contribution in [3.8, 4) is 0 Å². The maximum Gasteiger partial charge on any atom is 0.0477 e. The summed E-state index contributed by atoms with van der Waals surface area (Å²) in [5.74, 6) is 0. The first kappa shape index (κ1) is 12.5. The van der Waals surface area contributed by atoms with E-state index in [0.29, 0.717) is 0 Å². The molecule has 0 radical (unpaired) electrons. The summed E-state index contributed by atoms with van der Waals surface area (Å²) in [5.41, 5.74) is 7.55. The summed E-state index contributed by atoms with van der Waals surface area (Å²) in [5, 5.41) is 3.37. The van der Waals surface area contributed by atoms with Crippen molar-refractivity contribution >= 4 is 0 Å². The highest BCUT2D eigenvalue weighted by molar-refractivity contribution is 5.19. The van der Waals surface area contributed by atoms with Crippen LogP contribution in [-0.2, 0) is 0 Å². The average Bonchev–Trinajstić information content (AvgIpc) is 2.40. The number of nitrogens with two attached hydrogens (primary N) is 1. The van der Waals surface area contributed by atoms with Crippen LogP contribution in [0.4, 0.5) is 0 Å². The molecule has 1 aliphatic heterocycles. The Morgan fingerprint density at radius 3 is 2.47 bits per heavy atom. The second kappa shape index (κ2) is 5.12. The molecule has 0 bridgehead atoms. The molecule has 3 N–H and O–H groups in total. The summed E-state index contributed by atoms with van der Waals surface area (Å²) in [6.45, 7) is 8.67. The van der Waals surface area contributed by atoms with E-state index in [1.165, 1.54) is 0 Å². The second-order valence-electron chi connectivity index (χ2n) is 5.15. The molecular formula is C13H22N4. The summed E-state index contributed by atoms with van der Waals surface area (Å²) >= 11 is 0. The number of hydrogen-bond acceptors (Lipinski definition) is 4. The molecule has 2 rings (SSSR count). The summed E-state index contributed by atoms with van der Waals surface area (Å²) in [6.07, 6.45) is 3.62. The minimum atomic E-state index is -0.0244. The first-order chi connectivity index (χ1) is 8.12. The van der Waals surface area contributed by atoms with Crippen LogP contribution in [0, 0.1) is 0 Å². The SMILES string of the molecule is CC(C)(C(N)c1ccncc1)N1CCNCC1. The lowest BCUT2D eigenvalue weighted by Gasteiger charge is -2.44. The highest BCUT2D eigenvalue weighted by Gasteiger charge is 2.34. The van der Waals surface area contributed by atoms with Crippen molar-refractivity contribution in [3.05, 3.63) is 30.1 Å². The Labute approximate surface area is 103 Å². The highest BCUT2D eigenvalue weighted by Crippen LogP contribution is 2.28. The van der Waals surface area contributed by atoms with Gasteiger partial charge in [-0.2, -0.15) is 0 Å². The van der Waals surface area contributed by atoms with Gasteiger partial charge in [-0.25, -0.2) is 0 Å². The smallest absolute Gasteiger partial charge is 0.0477 e. The Morgan fingerprint density at radius 1 is 1.29 bits per heavy atom. The number of aromatic nitrogens is 1. The fraction of sp³-hybridized carbons (Fsp3) is 0.615. The lowest BCUT2D eigenvalue weighted by molar-refractivity contribution is 0.0800. The van der Waals surface area contributed by atoms with E-state index in [-0.39, 0.29) is 11.6 Å². The van der Waals surface area contributed by atoms with Gasteiger partial charge in [0.1, 0.15) is 0 Å². The maximum absolute atomic E-state index is 6.41. The summed E-state index contributed by atoms with van der Waals surface area (Å²) in [6, 6.07) is 4.03. The third-order valence-corrected chi connectivity index (χ3v) is 3.76. The molecule has 4 nitrogen and oxygen atoms in total. The van der Waals surface area contributed by atoms with E-state index in [1.807, 2.05) is 24.5 Å². The summed E-state index contributed by atoms with van der Waals surface area (Å²) in [7, 11) is 0. The van der Waals surface area contributed by atoms with Crippen LogP contribution >= 0.6 is 0 Å². The van der Waals surface area contributed by atoms with Crippen molar-refractivity contribution in [3.63, 3.8) is 0 Å². The molecule has 1 fully saturated rings. The molecule has 17 heavy (non-hydrogen) atoms. The fourth-order valence-electron chi connectivity index (χ4n) is 2.42. The van der Waals surface area contributed by atoms with Gasteiger partial charge in [0.2, 0.25) is 0 Å². The van der Waals surface area contributed by atoms with Crippen LogP contribution in [0.15, 0.2) is 24.5 Å². The Hall–Kier alpha value is -0.970. The van der Waals surface area contributed by atoms with Gasteiger partial charge in [0.15, 0.2) is 0 Å². The van der Waals surface area contributed by atoms with Gasteiger partial charge < -0.3 is 11.1 Å². The zero-order valence-corrected chi connectivity index (χ0v) is 10.7. The first-order valence-corrected chi connectivity index (χ1v) is 6.23. The normalized spacial score (nSPS) is 20.2. The molecular weight excluding hydrogens is 212 g/mol. The van der Waals surface area contributed by atoms with Crippen LogP contribution < -0.4 is 11.1 Å². The number of pyridine rings is 1. The number of rotatable bonds is 3. The number of piperazine rings is 1. The van der Waals surface area contributed by atoms with E-state index >= 15 is 0 Å². The quantitative estimate of drug-likeness (QED) is 0.811. The minimum Gasteiger partial charge on any atom is -0.322 e. The zero-order chi connectivity index (χ0) is 12.3. The van der Waals surface area contributed by atoms with Gasteiger partial charge in [-0.3, -0.25) is 9.88 Å². The number of nitrogens with zero attached hydrogens (tertiary/aromatic N) is 2. The van der Waals surface area contributed by atoms with Gasteiger partial charge in [-0.15, -0.1) is 0 Å². The van der Waals surface area contributed by atoms with E-state index < -0.39 is 0 Å². The van der Waals surface area contributed by atoms with Gasteiger partial charge in [0.05, 0.1) is 0 Å². The van der Waals surface area contributed by atoms with Crippen molar-refractivity contribution in [1.29, 1.82) is 0 Å². The highest BCUT2D eigenvalue weighted by atomic mass is 15.2. The van der Waals surface area contributed by atoms with E-state index in [0.717, 1.165) is 31.7 Å². The van der Waals surface area contributed by atoms with Crippen LogP contribution in [-0.4, -0.2) is 41.6 Å². The predicted octanol–water partition coefficient (Wildman–Crippen LogP) is 0.765. The van der Waals surface area contributed by atoms with Crippen LogP contribution in [0.2, 0.25) is 0 Å². The van der Waals surface area contributed by atoms with Crippen molar-refractivity contribution in [2.24, 2.45) is 5.73 Å². The molecule has 1 aromatic rings. The molecule has 4 heteroatoms. The van der Waals surface area contributed by atoms with Crippen molar-refractivity contribution < 1.29 is 0 Å². The van der Waals surface area contributed by atoms with Crippen molar-refractivity contribution in [2.45, 2.75) is 25.4 Å². The molecule has 2 heterocycles. The first-order valence-electron chi connectivity index (χ1n) is 6.23. The van der Waals surface area contributed by atoms with Crippen LogP contribution in [0.5, 0.6) is 0 Å². The maximum atomic E-state index is 6.41. The predicted molar refractivity (Wildman–Crippen MR) is 69.7 cm³/mol. The molecule has 0 aromatic carbocycles. The topological polar surface area (TPSA) is 54.2 Å². The molecule has 0 saturated carbocycles. The Bertz CT molecular complexity index is 344. The molecule has 1 saturated heterocycles. The fourth-order valence-corrected chi connectivity index (χ4v) is 2.42. The van der Waals surface area contributed by atoms with Gasteiger partial charge in [0.25, 0.3) is 0 Å². The minimum absolute atomic E-state index is 0.0172. The molecule has 0 aliphatic carbocycles. The molecule has 1 atom stereocenters. The van der Waals surface area contributed by atoms with Crippen LogP contribution in [0.1, 0.15) is 25.5 Å². The molecule has 1 unspecified atom stereocenters. The lowest BCUT2D eigenvalue weighted by Crippen LogP contribution is -2.57. The third kappa shape index (κ3) is 2.65. The van der Waals surface area contributed by atoms with Crippen molar-refractivity contribution in [2.75, 3.05) is 26.2 Å². The van der Waals surface area contributed by atoms with Gasteiger partial charge in [-0.05, 0) is 31.5 Å². The summed E-state index contributed by atoms with van der Waals surface area (Å²) in [4.78, 5) is 6.51. The average molecular weight is 234 g/mol. The molecule has 1 aromatic heterocycles. The van der Waals surface area contributed by atoms with E-state index in [4.69, 9.17) is 5.73 Å². The molecule has 0 spiro atoms. The van der Waals surface area contributed by atoms with Gasteiger partial charge in [-0.1, -0.05) is 0 Å². The van der Waals surface area contributed by atoms with Gasteiger partial charge >= 0.3 is 0 Å². The molecule has 94 valence electrons. The standard InChI is InChI=1S/C13H22N4/c1-13(2,17-9-7-16-8-10-17)12(14)11-3-5-15-6-4-11/h3-6,12,16H,7-10,14H2,1-2H3. The third-order valence-electron chi connectivity index (χ3n) is 3.76.